The topological polar surface area (TPSA) is 65.1 Å². The molecule has 7 heteroatoms. The van der Waals surface area contributed by atoms with Crippen molar-refractivity contribution >= 4 is 16.7 Å². The first-order chi connectivity index (χ1) is 14.5. The van der Waals surface area contributed by atoms with Crippen LogP contribution in [0.25, 0.3) is 27.8 Å². The zero-order chi connectivity index (χ0) is 21.0. The molecule has 30 heavy (non-hydrogen) atoms. The minimum absolute atomic E-state index is 0.121. The van der Waals surface area contributed by atoms with Crippen molar-refractivity contribution in [3.63, 3.8) is 0 Å². The molecule has 4 aromatic rings. The van der Waals surface area contributed by atoms with Crippen molar-refractivity contribution in [2.45, 2.75) is 46.1 Å². The van der Waals surface area contributed by atoms with Crippen LogP contribution in [0.5, 0.6) is 0 Å². The van der Waals surface area contributed by atoms with Crippen molar-refractivity contribution in [2.75, 3.05) is 0 Å². The highest BCUT2D eigenvalue weighted by molar-refractivity contribution is 5.84. The number of benzene rings is 1. The maximum absolute atomic E-state index is 13.4. The Labute approximate surface area is 173 Å². The molecule has 154 valence electrons. The highest BCUT2D eigenvalue weighted by Crippen LogP contribution is 2.37. The molecular weight excluding hydrogens is 381 g/mol. The third-order valence-corrected chi connectivity index (χ3v) is 6.74. The predicted octanol–water partition coefficient (Wildman–Crippen LogP) is 4.55. The Morgan fingerprint density at radius 2 is 1.83 bits per heavy atom. The van der Waals surface area contributed by atoms with Crippen molar-refractivity contribution in [1.82, 2.24) is 24.4 Å². The Kier molecular flexibility index (Phi) is 4.41. The molecule has 0 bridgehead atoms. The van der Waals surface area contributed by atoms with Gasteiger partial charge in [-0.05, 0) is 48.9 Å². The van der Waals surface area contributed by atoms with E-state index >= 15 is 0 Å². The largest absolute Gasteiger partial charge is 0.310 e. The second kappa shape index (κ2) is 7.00. The van der Waals surface area contributed by atoms with Gasteiger partial charge in [-0.1, -0.05) is 38.8 Å². The van der Waals surface area contributed by atoms with Gasteiger partial charge in [0.25, 0.3) is 5.56 Å². The van der Waals surface area contributed by atoms with Crippen LogP contribution in [-0.4, -0.2) is 24.4 Å². The Balaban J connectivity index is 1.68. The number of fused-ring (bicyclic) bond motifs is 3. The predicted molar refractivity (Wildman–Crippen MR) is 114 cm³/mol. The molecule has 1 aliphatic carbocycles. The van der Waals surface area contributed by atoms with E-state index in [9.17, 15) is 9.18 Å². The number of pyridine rings is 1. The van der Waals surface area contributed by atoms with Crippen LogP contribution in [0.1, 0.15) is 44.8 Å². The Morgan fingerprint density at radius 3 is 2.60 bits per heavy atom. The van der Waals surface area contributed by atoms with E-state index in [-0.39, 0.29) is 17.4 Å². The van der Waals surface area contributed by atoms with Crippen molar-refractivity contribution in [2.24, 2.45) is 11.8 Å². The Bertz CT molecular complexity index is 1310. The van der Waals surface area contributed by atoms with Crippen molar-refractivity contribution in [1.29, 1.82) is 0 Å². The lowest BCUT2D eigenvalue weighted by Gasteiger charge is -2.35. The van der Waals surface area contributed by atoms with Gasteiger partial charge in [0.05, 0.1) is 11.3 Å². The maximum atomic E-state index is 13.4. The number of hydrogen-bond acceptors (Lipinski definition) is 4. The Morgan fingerprint density at radius 1 is 1.07 bits per heavy atom. The van der Waals surface area contributed by atoms with Crippen LogP contribution in [0, 0.1) is 24.6 Å². The third-order valence-electron chi connectivity index (χ3n) is 6.74. The van der Waals surface area contributed by atoms with Gasteiger partial charge in [0.2, 0.25) is 0 Å². The highest BCUT2D eigenvalue weighted by atomic mass is 19.1. The summed E-state index contributed by atoms with van der Waals surface area (Å²) in [6.45, 7) is 6.37. The summed E-state index contributed by atoms with van der Waals surface area (Å²) in [5.74, 6) is 0.728. The lowest BCUT2D eigenvalue weighted by molar-refractivity contribution is 0.183. The summed E-state index contributed by atoms with van der Waals surface area (Å²) in [6, 6.07) is 8.32. The smallest absolute Gasteiger partial charge is 0.280 e. The van der Waals surface area contributed by atoms with E-state index in [1.54, 1.807) is 16.6 Å². The van der Waals surface area contributed by atoms with Crippen molar-refractivity contribution in [3.05, 3.63) is 58.4 Å². The second-order valence-corrected chi connectivity index (χ2v) is 8.50. The molecule has 0 amide bonds. The summed E-state index contributed by atoms with van der Waals surface area (Å²) >= 11 is 0. The van der Waals surface area contributed by atoms with Gasteiger partial charge in [0, 0.05) is 12.2 Å². The molecular formula is C23H24FN5O. The number of nitrogens with zero attached hydrogens (tertiary/aromatic N) is 5. The van der Waals surface area contributed by atoms with Gasteiger partial charge in [-0.3, -0.25) is 4.79 Å². The second-order valence-electron chi connectivity index (χ2n) is 8.50. The van der Waals surface area contributed by atoms with Gasteiger partial charge in [-0.15, -0.1) is 10.2 Å². The molecule has 1 aliphatic rings. The highest BCUT2D eigenvalue weighted by Gasteiger charge is 2.29. The molecule has 0 radical (unpaired) electrons. The van der Waals surface area contributed by atoms with Crippen LogP contribution >= 0.6 is 0 Å². The standard InChI is InChI=1S/C23H24FN5O/c1-13-5-4-6-18(14(13)2)28-12-11-19-21(23(28)30)25-26-22-20(15(3)27-29(19)22)16-7-9-17(24)10-8-16/h7-14,18H,4-6H2,1-3H3/t13-,14-,18-/m1/s1. The van der Waals surface area contributed by atoms with E-state index in [0.717, 1.165) is 29.7 Å². The number of hydrogen-bond donors (Lipinski definition) is 0. The summed E-state index contributed by atoms with van der Waals surface area (Å²) in [4.78, 5) is 13.3. The summed E-state index contributed by atoms with van der Waals surface area (Å²) in [5, 5.41) is 13.3. The Hall–Kier alpha value is -3.09. The van der Waals surface area contributed by atoms with Gasteiger partial charge in [0.15, 0.2) is 11.2 Å². The van der Waals surface area contributed by atoms with Crippen LogP contribution in [0.3, 0.4) is 0 Å². The normalized spacial score (nSPS) is 22.1. The lowest BCUT2D eigenvalue weighted by Crippen LogP contribution is -2.34. The summed E-state index contributed by atoms with van der Waals surface area (Å²) in [7, 11) is 0. The van der Waals surface area contributed by atoms with Crippen LogP contribution in [-0.2, 0) is 0 Å². The summed E-state index contributed by atoms with van der Waals surface area (Å²) in [5.41, 5.74) is 3.76. The number of halogens is 1. The molecule has 5 rings (SSSR count). The molecule has 0 saturated heterocycles. The van der Waals surface area contributed by atoms with Gasteiger partial charge < -0.3 is 4.57 Å². The molecule has 1 saturated carbocycles. The zero-order valence-corrected chi connectivity index (χ0v) is 17.3. The molecule has 3 atom stereocenters. The van der Waals surface area contributed by atoms with Gasteiger partial charge >= 0.3 is 0 Å². The van der Waals surface area contributed by atoms with E-state index in [2.05, 4.69) is 29.1 Å². The van der Waals surface area contributed by atoms with Crippen LogP contribution in [0.15, 0.2) is 41.3 Å². The fourth-order valence-electron chi connectivity index (χ4n) is 4.83. The first-order valence-electron chi connectivity index (χ1n) is 10.5. The number of aryl methyl sites for hydroxylation is 1. The van der Waals surface area contributed by atoms with Crippen molar-refractivity contribution < 1.29 is 4.39 Å². The van der Waals surface area contributed by atoms with Crippen LogP contribution in [0.4, 0.5) is 4.39 Å². The molecule has 3 aromatic heterocycles. The minimum atomic E-state index is -0.295. The number of rotatable bonds is 2. The monoisotopic (exact) mass is 405 g/mol. The fourth-order valence-corrected chi connectivity index (χ4v) is 4.83. The molecule has 0 spiro atoms. The molecule has 6 nitrogen and oxygen atoms in total. The first kappa shape index (κ1) is 18.9. The molecule has 0 unspecified atom stereocenters. The van der Waals surface area contributed by atoms with E-state index in [0.29, 0.717) is 28.5 Å². The van der Waals surface area contributed by atoms with Gasteiger partial charge in [0.1, 0.15) is 11.3 Å². The lowest BCUT2D eigenvalue weighted by atomic mass is 9.78. The van der Waals surface area contributed by atoms with E-state index in [1.807, 2.05) is 23.8 Å². The van der Waals surface area contributed by atoms with E-state index in [4.69, 9.17) is 0 Å². The van der Waals surface area contributed by atoms with Crippen molar-refractivity contribution in [3.8, 4) is 11.1 Å². The molecule has 0 N–H and O–H groups in total. The molecule has 0 aliphatic heterocycles. The molecule has 1 aromatic carbocycles. The summed E-state index contributed by atoms with van der Waals surface area (Å²) < 4.78 is 16.9. The molecule has 3 heterocycles. The van der Waals surface area contributed by atoms with E-state index in [1.165, 1.54) is 18.6 Å². The fraction of sp³-hybridized carbons (Fsp3) is 0.391. The van der Waals surface area contributed by atoms with E-state index < -0.39 is 0 Å². The zero-order valence-electron chi connectivity index (χ0n) is 17.3. The van der Waals surface area contributed by atoms with Crippen LogP contribution in [0.2, 0.25) is 0 Å². The summed E-state index contributed by atoms with van der Waals surface area (Å²) in [6.07, 6.45) is 5.21. The van der Waals surface area contributed by atoms with Crippen LogP contribution < -0.4 is 5.56 Å². The third kappa shape index (κ3) is 2.83. The number of aromatic nitrogens is 5. The molecule has 1 fully saturated rings. The maximum Gasteiger partial charge on any atom is 0.280 e. The van der Waals surface area contributed by atoms with Gasteiger partial charge in [-0.2, -0.15) is 5.10 Å². The minimum Gasteiger partial charge on any atom is -0.310 e. The average Bonchev–Trinajstić information content (AvgIpc) is 3.08. The first-order valence-corrected chi connectivity index (χ1v) is 10.5. The van der Waals surface area contributed by atoms with Gasteiger partial charge in [-0.25, -0.2) is 8.91 Å². The quantitative estimate of drug-likeness (QED) is 0.491. The average molecular weight is 405 g/mol. The SMILES string of the molecule is Cc1nn2c(nnc3c(=O)n([C@@H]4CCC[C@@H](C)[C@H]4C)ccc32)c1-c1ccc(F)cc1.